The van der Waals surface area contributed by atoms with Gasteiger partial charge in [0.15, 0.2) is 0 Å². The molecule has 0 spiro atoms. The first-order valence-corrected chi connectivity index (χ1v) is 5.38. The van der Waals surface area contributed by atoms with E-state index in [2.05, 4.69) is 0 Å². The summed E-state index contributed by atoms with van der Waals surface area (Å²) in [5.74, 6) is 0.831. The van der Waals surface area contributed by atoms with Crippen molar-refractivity contribution in [3.63, 3.8) is 0 Å². The van der Waals surface area contributed by atoms with E-state index in [0.29, 0.717) is 0 Å². The van der Waals surface area contributed by atoms with Crippen LogP contribution in [-0.2, 0) is 4.84 Å². The van der Waals surface area contributed by atoms with Gasteiger partial charge in [0.05, 0.1) is 25.6 Å². The van der Waals surface area contributed by atoms with Gasteiger partial charge in [0.2, 0.25) is 0 Å². The van der Waals surface area contributed by atoms with Crippen LogP contribution in [0.25, 0.3) is 0 Å². The van der Waals surface area contributed by atoms with Gasteiger partial charge in [0, 0.05) is 0 Å². The van der Waals surface area contributed by atoms with Crippen molar-refractivity contribution in [1.82, 2.24) is 0 Å². The van der Waals surface area contributed by atoms with E-state index in [0.717, 1.165) is 17.1 Å². The van der Waals surface area contributed by atoms with Crippen molar-refractivity contribution in [1.29, 1.82) is 0 Å². The molecule has 2 aromatic rings. The minimum Gasteiger partial charge on any atom is -0.497 e. The third-order valence-electron chi connectivity index (χ3n) is 2.48. The lowest BCUT2D eigenvalue weighted by atomic mass is 10.2. The molecule has 2 rings (SSSR count). The van der Waals surface area contributed by atoms with Crippen molar-refractivity contribution in [2.45, 2.75) is 0 Å². The van der Waals surface area contributed by atoms with E-state index in [1.807, 2.05) is 54.6 Å². The number of para-hydroxylation sites is 1. The van der Waals surface area contributed by atoms with Crippen LogP contribution in [0.1, 0.15) is 0 Å². The molecule has 0 aliphatic rings. The second-order valence-corrected chi connectivity index (χ2v) is 3.51. The smallest absolute Gasteiger partial charge is 0.119 e. The van der Waals surface area contributed by atoms with E-state index < -0.39 is 0 Å². The number of benzene rings is 2. The minimum absolute atomic E-state index is 0.831. The predicted molar refractivity (Wildman–Crippen MR) is 68.6 cm³/mol. The Morgan fingerprint density at radius 1 is 0.765 bits per heavy atom. The molecule has 0 aliphatic carbocycles. The lowest BCUT2D eigenvalue weighted by molar-refractivity contribution is 0.201. The van der Waals surface area contributed by atoms with Crippen LogP contribution in [0.5, 0.6) is 5.75 Å². The summed E-state index contributed by atoms with van der Waals surface area (Å²) in [6, 6.07) is 17.6. The summed E-state index contributed by atoms with van der Waals surface area (Å²) in [6.45, 7) is 0. The van der Waals surface area contributed by atoms with Crippen LogP contribution in [0, 0.1) is 0 Å². The second-order valence-electron chi connectivity index (χ2n) is 3.51. The van der Waals surface area contributed by atoms with Crippen LogP contribution < -0.4 is 9.80 Å². The van der Waals surface area contributed by atoms with Gasteiger partial charge in [0.1, 0.15) is 5.75 Å². The molecule has 0 unspecified atom stereocenters. The molecule has 88 valence electrons. The van der Waals surface area contributed by atoms with E-state index in [1.165, 1.54) is 0 Å². The number of hydrogen-bond donors (Lipinski definition) is 0. The second kappa shape index (κ2) is 5.37. The minimum atomic E-state index is 0.831. The fourth-order valence-electron chi connectivity index (χ4n) is 1.64. The zero-order valence-electron chi connectivity index (χ0n) is 9.96. The van der Waals surface area contributed by atoms with Crippen LogP contribution in [0.2, 0.25) is 0 Å². The molecular formula is C14H15NO2. The lowest BCUT2D eigenvalue weighted by Crippen LogP contribution is -2.14. The highest BCUT2D eigenvalue weighted by molar-refractivity contribution is 5.60. The van der Waals surface area contributed by atoms with Gasteiger partial charge in [-0.2, -0.15) is 0 Å². The zero-order valence-corrected chi connectivity index (χ0v) is 9.96. The summed E-state index contributed by atoms with van der Waals surface area (Å²) >= 11 is 0. The highest BCUT2D eigenvalue weighted by atomic mass is 16.7. The number of methoxy groups -OCH3 is 1. The Bertz CT molecular complexity index is 453. The van der Waals surface area contributed by atoms with E-state index in [-0.39, 0.29) is 0 Å². The van der Waals surface area contributed by atoms with Gasteiger partial charge in [-0.3, -0.25) is 4.84 Å². The maximum atomic E-state index is 5.39. The molecule has 0 atom stereocenters. The molecule has 0 aliphatic heterocycles. The van der Waals surface area contributed by atoms with Crippen molar-refractivity contribution < 1.29 is 9.57 Å². The van der Waals surface area contributed by atoms with Crippen molar-refractivity contribution in [2.24, 2.45) is 0 Å². The Morgan fingerprint density at radius 3 is 1.88 bits per heavy atom. The van der Waals surface area contributed by atoms with E-state index in [4.69, 9.17) is 9.57 Å². The number of anilines is 2. The summed E-state index contributed by atoms with van der Waals surface area (Å²) in [4.78, 5) is 5.39. The van der Waals surface area contributed by atoms with E-state index in [1.54, 1.807) is 19.3 Å². The van der Waals surface area contributed by atoms with Crippen LogP contribution in [0.15, 0.2) is 54.6 Å². The van der Waals surface area contributed by atoms with Crippen LogP contribution >= 0.6 is 0 Å². The maximum absolute atomic E-state index is 5.39. The van der Waals surface area contributed by atoms with Gasteiger partial charge in [-0.1, -0.05) is 18.2 Å². The Balaban J connectivity index is 2.29. The van der Waals surface area contributed by atoms with E-state index >= 15 is 0 Å². The molecule has 0 saturated heterocycles. The van der Waals surface area contributed by atoms with Crippen molar-refractivity contribution in [3.05, 3.63) is 54.6 Å². The SMILES string of the molecule is COc1ccc(N(OC)c2ccccc2)cc1. The third-order valence-corrected chi connectivity index (χ3v) is 2.48. The number of nitrogens with zero attached hydrogens (tertiary/aromatic N) is 1. The molecule has 0 bridgehead atoms. The molecule has 2 aromatic carbocycles. The van der Waals surface area contributed by atoms with Gasteiger partial charge in [-0.15, -0.1) is 0 Å². The third kappa shape index (κ3) is 2.57. The average molecular weight is 229 g/mol. The molecule has 0 fully saturated rings. The van der Waals surface area contributed by atoms with Gasteiger partial charge in [-0.05, 0) is 36.4 Å². The first-order valence-electron chi connectivity index (χ1n) is 5.38. The van der Waals surface area contributed by atoms with Crippen molar-refractivity contribution in [2.75, 3.05) is 19.3 Å². The highest BCUT2D eigenvalue weighted by Gasteiger charge is 2.07. The summed E-state index contributed by atoms with van der Waals surface area (Å²) in [5, 5.41) is 1.76. The molecule has 3 nitrogen and oxygen atoms in total. The normalized spacial score (nSPS) is 10.0. The topological polar surface area (TPSA) is 21.7 Å². The molecule has 17 heavy (non-hydrogen) atoms. The summed E-state index contributed by atoms with van der Waals surface area (Å²) < 4.78 is 5.13. The van der Waals surface area contributed by atoms with Gasteiger partial charge < -0.3 is 4.74 Å². The fourth-order valence-corrected chi connectivity index (χ4v) is 1.64. The van der Waals surface area contributed by atoms with Crippen LogP contribution in [-0.4, -0.2) is 14.2 Å². The predicted octanol–water partition coefficient (Wildman–Crippen LogP) is 3.39. The van der Waals surface area contributed by atoms with Gasteiger partial charge in [-0.25, -0.2) is 5.06 Å². The largest absolute Gasteiger partial charge is 0.497 e. The standard InChI is InChI=1S/C14H15NO2/c1-16-14-10-8-13(9-11-14)15(17-2)12-6-4-3-5-7-12/h3-11H,1-2H3. The van der Waals surface area contributed by atoms with Crippen LogP contribution in [0.4, 0.5) is 11.4 Å². The Kier molecular flexibility index (Phi) is 3.62. The quantitative estimate of drug-likeness (QED) is 0.750. The number of ether oxygens (including phenoxy) is 1. The first-order chi connectivity index (χ1) is 8.35. The Morgan fingerprint density at radius 2 is 1.35 bits per heavy atom. The number of rotatable bonds is 4. The maximum Gasteiger partial charge on any atom is 0.119 e. The van der Waals surface area contributed by atoms with Crippen molar-refractivity contribution in [3.8, 4) is 5.75 Å². The molecule has 0 saturated carbocycles. The fraction of sp³-hybridized carbons (Fsp3) is 0.143. The average Bonchev–Trinajstić information content (AvgIpc) is 2.42. The molecule has 0 radical (unpaired) electrons. The van der Waals surface area contributed by atoms with Gasteiger partial charge in [0.25, 0.3) is 0 Å². The van der Waals surface area contributed by atoms with E-state index in [9.17, 15) is 0 Å². The summed E-state index contributed by atoms with van der Waals surface area (Å²) in [7, 11) is 3.30. The summed E-state index contributed by atoms with van der Waals surface area (Å²) in [5.41, 5.74) is 1.94. The lowest BCUT2D eigenvalue weighted by Gasteiger charge is -2.21. The molecule has 0 aromatic heterocycles. The van der Waals surface area contributed by atoms with Gasteiger partial charge >= 0.3 is 0 Å². The first kappa shape index (κ1) is 11.5. The summed E-state index contributed by atoms with van der Waals surface area (Å²) in [6.07, 6.45) is 0. The monoisotopic (exact) mass is 229 g/mol. The number of hydrogen-bond acceptors (Lipinski definition) is 3. The Labute approximate surface area is 101 Å². The molecule has 0 amide bonds. The molecule has 0 heterocycles. The van der Waals surface area contributed by atoms with Crippen molar-refractivity contribution >= 4 is 11.4 Å². The highest BCUT2D eigenvalue weighted by Crippen LogP contribution is 2.26. The zero-order chi connectivity index (χ0) is 12.1. The molecule has 3 heteroatoms. The molecule has 0 N–H and O–H groups in total. The van der Waals surface area contributed by atoms with Crippen LogP contribution in [0.3, 0.4) is 0 Å². The molecular weight excluding hydrogens is 214 g/mol. The Hall–Kier alpha value is -2.00.